The SMILES string of the molecule is OC1CCN(c2ccc(-c3cc4c(OCP(O)O)c[nH]c4cc3F)cc2)C1. The van der Waals surface area contributed by atoms with Crippen LogP contribution in [0, 0.1) is 5.82 Å². The average molecular weight is 390 g/mol. The van der Waals surface area contributed by atoms with Gasteiger partial charge in [0, 0.05) is 35.9 Å². The molecule has 0 radical (unpaired) electrons. The zero-order valence-electron chi connectivity index (χ0n) is 14.5. The Labute approximate surface area is 156 Å². The van der Waals surface area contributed by atoms with Gasteiger partial charge < -0.3 is 29.5 Å². The van der Waals surface area contributed by atoms with Crippen LogP contribution < -0.4 is 9.64 Å². The summed E-state index contributed by atoms with van der Waals surface area (Å²) in [6.45, 7) is 1.42. The van der Waals surface area contributed by atoms with Crippen molar-refractivity contribution >= 4 is 25.0 Å². The predicted molar refractivity (Wildman–Crippen MR) is 103 cm³/mol. The molecule has 6 nitrogen and oxygen atoms in total. The molecule has 0 aliphatic carbocycles. The number of hydrogen-bond donors (Lipinski definition) is 4. The van der Waals surface area contributed by atoms with Crippen molar-refractivity contribution in [1.29, 1.82) is 0 Å². The number of anilines is 1. The smallest absolute Gasteiger partial charge is 0.205 e. The van der Waals surface area contributed by atoms with Gasteiger partial charge in [0.25, 0.3) is 0 Å². The molecule has 2 aromatic carbocycles. The van der Waals surface area contributed by atoms with Crippen LogP contribution in [0.5, 0.6) is 5.75 Å². The molecule has 1 fully saturated rings. The first-order valence-corrected chi connectivity index (χ1v) is 10.1. The Bertz CT molecular complexity index is 945. The number of benzene rings is 2. The molecule has 1 aliphatic heterocycles. The molecule has 8 heteroatoms. The van der Waals surface area contributed by atoms with E-state index in [2.05, 4.69) is 9.88 Å². The number of halogens is 1. The maximum absolute atomic E-state index is 14.6. The number of rotatable bonds is 5. The molecular weight excluding hydrogens is 370 g/mol. The molecule has 27 heavy (non-hydrogen) atoms. The van der Waals surface area contributed by atoms with E-state index >= 15 is 0 Å². The summed E-state index contributed by atoms with van der Waals surface area (Å²) in [5.41, 5.74) is 2.75. The quantitative estimate of drug-likeness (QED) is 0.503. The maximum atomic E-state index is 14.6. The zero-order valence-corrected chi connectivity index (χ0v) is 15.4. The Kier molecular flexibility index (Phi) is 5.02. The van der Waals surface area contributed by atoms with E-state index in [0.717, 1.165) is 24.2 Å². The van der Waals surface area contributed by atoms with Crippen LogP contribution in [0.2, 0.25) is 0 Å². The Morgan fingerprint density at radius 1 is 1.22 bits per heavy atom. The van der Waals surface area contributed by atoms with Gasteiger partial charge in [-0.1, -0.05) is 12.1 Å². The molecule has 0 bridgehead atoms. The molecule has 3 aromatic rings. The molecule has 4 N–H and O–H groups in total. The van der Waals surface area contributed by atoms with Gasteiger partial charge in [-0.3, -0.25) is 0 Å². The molecule has 0 saturated carbocycles. The lowest BCUT2D eigenvalue weighted by atomic mass is 10.0. The van der Waals surface area contributed by atoms with Crippen LogP contribution in [0.15, 0.2) is 42.6 Å². The van der Waals surface area contributed by atoms with Gasteiger partial charge in [-0.15, -0.1) is 0 Å². The summed E-state index contributed by atoms with van der Waals surface area (Å²) in [4.78, 5) is 23.1. The highest BCUT2D eigenvalue weighted by Gasteiger charge is 2.20. The second-order valence-electron chi connectivity index (χ2n) is 6.61. The molecular formula is C19H20FN2O4P. The maximum Gasteiger partial charge on any atom is 0.205 e. The highest BCUT2D eigenvalue weighted by molar-refractivity contribution is 7.44. The Hall–Kier alpha value is -2.18. The first-order valence-electron chi connectivity index (χ1n) is 8.63. The van der Waals surface area contributed by atoms with Gasteiger partial charge in [0.2, 0.25) is 8.38 Å². The monoisotopic (exact) mass is 390 g/mol. The van der Waals surface area contributed by atoms with E-state index in [4.69, 9.17) is 14.5 Å². The van der Waals surface area contributed by atoms with Gasteiger partial charge in [-0.05, 0) is 36.2 Å². The summed E-state index contributed by atoms with van der Waals surface area (Å²) < 4.78 is 20.0. The van der Waals surface area contributed by atoms with Crippen molar-refractivity contribution in [2.75, 3.05) is 24.3 Å². The minimum atomic E-state index is -2.16. The normalized spacial score (nSPS) is 17.2. The fourth-order valence-electron chi connectivity index (χ4n) is 3.41. The number of hydrogen-bond acceptors (Lipinski definition) is 5. The van der Waals surface area contributed by atoms with Crippen molar-refractivity contribution in [3.8, 4) is 16.9 Å². The lowest BCUT2D eigenvalue weighted by Gasteiger charge is -2.18. The van der Waals surface area contributed by atoms with E-state index in [9.17, 15) is 9.50 Å². The van der Waals surface area contributed by atoms with Crippen molar-refractivity contribution in [2.45, 2.75) is 12.5 Å². The van der Waals surface area contributed by atoms with Crippen LogP contribution in [0.1, 0.15) is 6.42 Å². The van der Waals surface area contributed by atoms with Crippen LogP contribution in [0.4, 0.5) is 10.1 Å². The summed E-state index contributed by atoms with van der Waals surface area (Å²) in [6, 6.07) is 10.7. The van der Waals surface area contributed by atoms with E-state index in [0.29, 0.717) is 28.8 Å². The molecule has 0 amide bonds. The molecule has 1 saturated heterocycles. The Morgan fingerprint density at radius 3 is 2.67 bits per heavy atom. The van der Waals surface area contributed by atoms with E-state index in [1.54, 1.807) is 12.3 Å². The van der Waals surface area contributed by atoms with Crippen molar-refractivity contribution in [2.24, 2.45) is 0 Å². The van der Waals surface area contributed by atoms with Crippen LogP contribution in [-0.4, -0.2) is 45.4 Å². The van der Waals surface area contributed by atoms with E-state index in [1.165, 1.54) is 6.07 Å². The number of aliphatic hydroxyl groups is 1. The van der Waals surface area contributed by atoms with E-state index < -0.39 is 8.38 Å². The summed E-state index contributed by atoms with van der Waals surface area (Å²) >= 11 is 0. The third-order valence-corrected chi connectivity index (χ3v) is 5.13. The summed E-state index contributed by atoms with van der Waals surface area (Å²) in [7, 11) is -2.16. The number of nitrogens with zero attached hydrogens (tertiary/aromatic N) is 1. The number of aromatic nitrogens is 1. The third-order valence-electron chi connectivity index (χ3n) is 4.77. The van der Waals surface area contributed by atoms with E-state index in [-0.39, 0.29) is 18.3 Å². The van der Waals surface area contributed by atoms with Crippen LogP contribution >= 0.6 is 8.38 Å². The second kappa shape index (κ2) is 7.44. The lowest BCUT2D eigenvalue weighted by Crippen LogP contribution is -2.20. The topological polar surface area (TPSA) is 89.0 Å². The number of H-pyrrole nitrogens is 1. The molecule has 1 aliphatic rings. The van der Waals surface area contributed by atoms with Crippen LogP contribution in [0.3, 0.4) is 0 Å². The number of fused-ring (bicyclic) bond motifs is 1. The van der Waals surface area contributed by atoms with Gasteiger partial charge in [0.1, 0.15) is 11.6 Å². The second-order valence-corrected chi connectivity index (χ2v) is 7.61. The number of aromatic amines is 1. The number of nitrogens with one attached hydrogen (secondary N) is 1. The summed E-state index contributed by atoms with van der Waals surface area (Å²) in [5, 5.41) is 10.4. The predicted octanol–water partition coefficient (Wildman–Crippen LogP) is 3.18. The van der Waals surface area contributed by atoms with Crippen molar-refractivity contribution in [3.05, 3.63) is 48.4 Å². The number of aliphatic hydroxyl groups excluding tert-OH is 1. The van der Waals surface area contributed by atoms with Gasteiger partial charge in [-0.25, -0.2) is 4.39 Å². The fraction of sp³-hybridized carbons (Fsp3) is 0.263. The fourth-order valence-corrected chi connectivity index (χ4v) is 3.67. The largest absolute Gasteiger partial charge is 0.482 e. The average Bonchev–Trinajstić information content (AvgIpc) is 3.25. The Balaban J connectivity index is 1.64. The highest BCUT2D eigenvalue weighted by Crippen LogP contribution is 2.35. The van der Waals surface area contributed by atoms with Gasteiger partial charge >= 0.3 is 0 Å². The van der Waals surface area contributed by atoms with E-state index in [1.807, 2.05) is 24.3 Å². The van der Waals surface area contributed by atoms with Crippen molar-refractivity contribution < 1.29 is 24.0 Å². The van der Waals surface area contributed by atoms with Crippen LogP contribution in [-0.2, 0) is 0 Å². The first-order chi connectivity index (χ1) is 13.0. The van der Waals surface area contributed by atoms with Crippen LogP contribution in [0.25, 0.3) is 22.0 Å². The number of ether oxygens (including phenoxy) is 1. The first kappa shape index (κ1) is 18.2. The molecule has 1 aromatic heterocycles. The third kappa shape index (κ3) is 3.77. The molecule has 1 atom stereocenters. The zero-order chi connectivity index (χ0) is 19.0. The molecule has 0 spiro atoms. The van der Waals surface area contributed by atoms with Crippen molar-refractivity contribution in [3.63, 3.8) is 0 Å². The summed E-state index contributed by atoms with van der Waals surface area (Å²) in [5.74, 6) is 0.0938. The molecule has 142 valence electrons. The molecule has 1 unspecified atom stereocenters. The van der Waals surface area contributed by atoms with Crippen molar-refractivity contribution in [1.82, 2.24) is 4.98 Å². The molecule has 2 heterocycles. The minimum Gasteiger partial charge on any atom is -0.482 e. The van der Waals surface area contributed by atoms with Gasteiger partial charge in [0.15, 0.2) is 6.35 Å². The van der Waals surface area contributed by atoms with Gasteiger partial charge in [-0.2, -0.15) is 0 Å². The minimum absolute atomic E-state index is 0.203. The molecule has 4 rings (SSSR count). The lowest BCUT2D eigenvalue weighted by molar-refractivity contribution is 0.198. The summed E-state index contributed by atoms with van der Waals surface area (Å²) in [6.07, 6.45) is 1.84. The Morgan fingerprint density at radius 2 is 2.00 bits per heavy atom. The standard InChI is InChI=1S/C19H20FN2O4P/c20-17-8-18-16(19(9-21-18)26-11-27(24)25)7-15(17)12-1-3-13(4-2-12)22-6-5-14(23)10-22/h1-4,7-9,14,21,23-25H,5-6,10-11H2. The number of β-amino-alcohol motifs (C(OH)–C–C–N with tert-alkyl or cyclic N) is 1. The highest BCUT2D eigenvalue weighted by atomic mass is 31.2. The van der Waals surface area contributed by atoms with Gasteiger partial charge in [0.05, 0.1) is 11.6 Å².